The van der Waals surface area contributed by atoms with Crippen molar-refractivity contribution in [2.45, 2.75) is 36.6 Å². The summed E-state index contributed by atoms with van der Waals surface area (Å²) in [5.74, 6) is 1.43. The van der Waals surface area contributed by atoms with Gasteiger partial charge in [-0.15, -0.1) is 24.2 Å². The zero-order valence-corrected chi connectivity index (χ0v) is 15.7. The number of halogens is 1. The summed E-state index contributed by atoms with van der Waals surface area (Å²) in [7, 11) is 0. The third kappa shape index (κ3) is 6.17. The Morgan fingerprint density at radius 1 is 1.20 bits per heavy atom. The van der Waals surface area contributed by atoms with Gasteiger partial charge in [-0.3, -0.25) is 14.9 Å². The number of amides is 1. The molecular weight excluding hydrogens is 362 g/mol. The molecule has 138 valence electrons. The van der Waals surface area contributed by atoms with Crippen LogP contribution in [0.5, 0.6) is 0 Å². The van der Waals surface area contributed by atoms with Crippen LogP contribution in [0.2, 0.25) is 0 Å². The molecule has 0 atom stereocenters. The van der Waals surface area contributed by atoms with Crippen molar-refractivity contribution in [1.29, 1.82) is 0 Å². The summed E-state index contributed by atoms with van der Waals surface area (Å²) in [5.41, 5.74) is 0.0754. The third-order valence-corrected chi connectivity index (χ3v) is 5.65. The molecule has 1 saturated carbocycles. The Kier molecular flexibility index (Phi) is 7.53. The van der Waals surface area contributed by atoms with E-state index in [-0.39, 0.29) is 24.0 Å². The van der Waals surface area contributed by atoms with Gasteiger partial charge in [0.1, 0.15) is 0 Å². The average molecular weight is 386 g/mol. The van der Waals surface area contributed by atoms with Gasteiger partial charge in [-0.2, -0.15) is 0 Å². The number of benzene rings is 1. The van der Waals surface area contributed by atoms with E-state index in [0.717, 1.165) is 43.3 Å². The van der Waals surface area contributed by atoms with Crippen molar-refractivity contribution in [2.24, 2.45) is 5.92 Å². The maximum atomic E-state index is 12.3. The van der Waals surface area contributed by atoms with Crippen molar-refractivity contribution in [1.82, 2.24) is 10.2 Å². The Hall–Kier alpha value is -1.31. The SMILES string of the molecule is Cl.O=C(CSc1ccc([N+](=O)[O-])cc1)N1CCC(NCC2CC2)CC1. The second-order valence-electron chi connectivity index (χ2n) is 6.55. The Balaban J connectivity index is 0.00000225. The summed E-state index contributed by atoms with van der Waals surface area (Å²) >= 11 is 1.44. The number of nitro benzene ring substituents is 1. The highest BCUT2D eigenvalue weighted by molar-refractivity contribution is 8.00. The molecule has 1 aliphatic carbocycles. The van der Waals surface area contributed by atoms with Crippen molar-refractivity contribution >= 4 is 35.8 Å². The van der Waals surface area contributed by atoms with Gasteiger partial charge in [-0.1, -0.05) is 0 Å². The monoisotopic (exact) mass is 385 g/mol. The van der Waals surface area contributed by atoms with Crippen LogP contribution in [0, 0.1) is 16.0 Å². The molecular formula is C17H24ClN3O3S. The van der Waals surface area contributed by atoms with Gasteiger partial charge in [-0.05, 0) is 50.3 Å². The van der Waals surface area contributed by atoms with Crippen LogP contribution in [0.3, 0.4) is 0 Å². The van der Waals surface area contributed by atoms with Gasteiger partial charge in [0, 0.05) is 36.2 Å². The minimum absolute atomic E-state index is 0. The van der Waals surface area contributed by atoms with Gasteiger partial charge in [0.15, 0.2) is 0 Å². The van der Waals surface area contributed by atoms with Crippen LogP contribution >= 0.6 is 24.2 Å². The number of piperidine rings is 1. The molecule has 1 aliphatic heterocycles. The van der Waals surface area contributed by atoms with Crippen LogP contribution in [-0.4, -0.2) is 47.2 Å². The number of nitro groups is 1. The molecule has 3 rings (SSSR count). The molecule has 25 heavy (non-hydrogen) atoms. The lowest BCUT2D eigenvalue weighted by molar-refractivity contribution is -0.384. The van der Waals surface area contributed by atoms with Crippen LogP contribution in [0.25, 0.3) is 0 Å². The van der Waals surface area contributed by atoms with Crippen molar-refractivity contribution in [3.63, 3.8) is 0 Å². The summed E-state index contributed by atoms with van der Waals surface area (Å²) in [6.45, 7) is 2.78. The molecule has 1 N–H and O–H groups in total. The molecule has 1 aromatic rings. The number of carbonyl (C=O) groups excluding carboxylic acids is 1. The van der Waals surface area contributed by atoms with Crippen LogP contribution in [0.1, 0.15) is 25.7 Å². The molecule has 0 unspecified atom stereocenters. The quantitative estimate of drug-likeness (QED) is 0.443. The van der Waals surface area contributed by atoms with E-state index >= 15 is 0 Å². The van der Waals surface area contributed by atoms with Gasteiger partial charge in [0.2, 0.25) is 5.91 Å². The standard InChI is InChI=1S/C17H23N3O3S.ClH/c21-17(12-24-16-5-3-15(4-6-16)20(22)23)19-9-7-14(8-10-19)18-11-13-1-2-13;/h3-6,13-14,18H,1-2,7-12H2;1H. The number of nitrogens with one attached hydrogen (secondary N) is 1. The molecule has 1 amide bonds. The predicted molar refractivity (Wildman–Crippen MR) is 101 cm³/mol. The Bertz CT molecular complexity index is 587. The average Bonchev–Trinajstić information content (AvgIpc) is 3.43. The second kappa shape index (κ2) is 9.40. The van der Waals surface area contributed by atoms with Crippen LogP contribution in [-0.2, 0) is 4.79 Å². The number of hydrogen-bond acceptors (Lipinski definition) is 5. The Morgan fingerprint density at radius 3 is 2.40 bits per heavy atom. The fourth-order valence-corrected chi connectivity index (χ4v) is 3.69. The number of likely N-dealkylation sites (tertiary alicyclic amines) is 1. The Labute approximate surface area is 158 Å². The first-order valence-electron chi connectivity index (χ1n) is 8.50. The first-order valence-corrected chi connectivity index (χ1v) is 9.49. The fourth-order valence-electron chi connectivity index (χ4n) is 2.89. The number of hydrogen-bond donors (Lipinski definition) is 1. The van der Waals surface area contributed by atoms with E-state index in [0.29, 0.717) is 11.8 Å². The van der Waals surface area contributed by atoms with Crippen molar-refractivity contribution in [3.05, 3.63) is 34.4 Å². The van der Waals surface area contributed by atoms with Crippen LogP contribution < -0.4 is 5.32 Å². The van der Waals surface area contributed by atoms with E-state index in [9.17, 15) is 14.9 Å². The van der Waals surface area contributed by atoms with E-state index in [1.54, 1.807) is 12.1 Å². The van der Waals surface area contributed by atoms with E-state index in [4.69, 9.17) is 0 Å². The maximum Gasteiger partial charge on any atom is 0.269 e. The van der Waals surface area contributed by atoms with E-state index < -0.39 is 4.92 Å². The number of thioether (sulfide) groups is 1. The van der Waals surface area contributed by atoms with Crippen molar-refractivity contribution in [3.8, 4) is 0 Å². The smallest absolute Gasteiger partial charge is 0.269 e. The largest absolute Gasteiger partial charge is 0.342 e. The normalized spacial score (nSPS) is 17.8. The number of rotatable bonds is 7. The second-order valence-corrected chi connectivity index (χ2v) is 7.60. The highest BCUT2D eigenvalue weighted by Gasteiger charge is 2.25. The first-order chi connectivity index (χ1) is 11.6. The molecule has 6 nitrogen and oxygen atoms in total. The highest BCUT2D eigenvalue weighted by Crippen LogP contribution is 2.28. The number of non-ortho nitro benzene ring substituents is 1. The summed E-state index contributed by atoms with van der Waals surface area (Å²) < 4.78 is 0. The maximum absolute atomic E-state index is 12.3. The van der Waals surface area contributed by atoms with Gasteiger partial charge in [0.05, 0.1) is 10.7 Å². The first kappa shape index (κ1) is 20.0. The topological polar surface area (TPSA) is 75.5 Å². The van der Waals surface area contributed by atoms with Gasteiger partial charge in [-0.25, -0.2) is 0 Å². The fraction of sp³-hybridized carbons (Fsp3) is 0.588. The van der Waals surface area contributed by atoms with Gasteiger partial charge < -0.3 is 10.2 Å². The number of carbonyl (C=O) groups is 1. The molecule has 0 spiro atoms. The minimum atomic E-state index is -0.416. The summed E-state index contributed by atoms with van der Waals surface area (Å²) in [4.78, 5) is 25.3. The Morgan fingerprint density at radius 2 is 1.84 bits per heavy atom. The molecule has 1 heterocycles. The summed E-state index contributed by atoms with van der Waals surface area (Å²) in [6.07, 6.45) is 4.79. The van der Waals surface area contributed by atoms with Crippen LogP contribution in [0.4, 0.5) is 5.69 Å². The van der Waals surface area contributed by atoms with E-state index in [1.807, 2.05) is 4.90 Å². The molecule has 2 fully saturated rings. The summed E-state index contributed by atoms with van der Waals surface area (Å²) in [6, 6.07) is 6.90. The van der Waals surface area contributed by atoms with Crippen LogP contribution in [0.15, 0.2) is 29.2 Å². The molecule has 0 aromatic heterocycles. The van der Waals surface area contributed by atoms with Gasteiger partial charge in [0.25, 0.3) is 5.69 Å². The lowest BCUT2D eigenvalue weighted by Gasteiger charge is -2.32. The molecule has 1 saturated heterocycles. The molecule has 0 bridgehead atoms. The lowest BCUT2D eigenvalue weighted by atomic mass is 10.0. The predicted octanol–water partition coefficient (Wildman–Crippen LogP) is 3.10. The molecule has 1 aromatic carbocycles. The van der Waals surface area contributed by atoms with E-state index in [1.165, 1.54) is 36.7 Å². The molecule has 8 heteroatoms. The highest BCUT2D eigenvalue weighted by atomic mass is 35.5. The zero-order chi connectivity index (χ0) is 16.9. The third-order valence-electron chi connectivity index (χ3n) is 4.65. The molecule has 0 radical (unpaired) electrons. The lowest BCUT2D eigenvalue weighted by Crippen LogP contribution is -2.45. The molecule has 2 aliphatic rings. The van der Waals surface area contributed by atoms with Crippen molar-refractivity contribution in [2.75, 3.05) is 25.4 Å². The number of nitrogens with zero attached hydrogens (tertiary/aromatic N) is 2. The van der Waals surface area contributed by atoms with Gasteiger partial charge >= 0.3 is 0 Å². The van der Waals surface area contributed by atoms with Crippen molar-refractivity contribution < 1.29 is 9.72 Å². The van der Waals surface area contributed by atoms with E-state index in [2.05, 4.69) is 5.32 Å². The minimum Gasteiger partial charge on any atom is -0.342 e. The summed E-state index contributed by atoms with van der Waals surface area (Å²) in [5, 5.41) is 14.2. The zero-order valence-electron chi connectivity index (χ0n) is 14.1.